The van der Waals surface area contributed by atoms with Crippen molar-refractivity contribution in [2.75, 3.05) is 12.4 Å². The molecule has 2 aliphatic rings. The van der Waals surface area contributed by atoms with Crippen LogP contribution in [-0.4, -0.2) is 66.8 Å². The van der Waals surface area contributed by atoms with E-state index in [2.05, 4.69) is 35.8 Å². The molecule has 4 heterocycles. The van der Waals surface area contributed by atoms with Crippen LogP contribution in [0.25, 0.3) is 22.6 Å². The van der Waals surface area contributed by atoms with E-state index in [9.17, 15) is 17.2 Å². The minimum absolute atomic E-state index is 0.0418. The molecule has 15 heteroatoms. The molecule has 0 aromatic carbocycles. The molecular weight excluding hydrogens is 556 g/mol. The number of rotatable bonds is 10. The molecule has 0 spiro atoms. The maximum Gasteiger partial charge on any atom is 0.333 e. The summed E-state index contributed by atoms with van der Waals surface area (Å²) in [7, 11) is -1.56. The Kier molecular flexibility index (Phi) is 7.38. The van der Waals surface area contributed by atoms with Gasteiger partial charge in [-0.25, -0.2) is 28.1 Å². The van der Waals surface area contributed by atoms with Gasteiger partial charge in [0.15, 0.2) is 5.82 Å². The Morgan fingerprint density at radius 3 is 2.56 bits per heavy atom. The van der Waals surface area contributed by atoms with Crippen molar-refractivity contribution in [2.45, 2.75) is 62.5 Å². The minimum Gasteiger partial charge on any atom is -0.490 e. The van der Waals surface area contributed by atoms with Crippen molar-refractivity contribution >= 4 is 21.7 Å². The van der Waals surface area contributed by atoms with Gasteiger partial charge < -0.3 is 15.4 Å². The van der Waals surface area contributed by atoms with Gasteiger partial charge in [-0.3, -0.25) is 0 Å². The van der Waals surface area contributed by atoms with Gasteiger partial charge in [-0.2, -0.15) is 23.1 Å². The third-order valence-electron chi connectivity index (χ3n) is 7.26. The number of hydrogen-bond donors (Lipinski definition) is 2. The Morgan fingerprint density at radius 2 is 1.85 bits per heavy atom. The summed E-state index contributed by atoms with van der Waals surface area (Å²) in [6, 6.07) is 5.29. The molecule has 4 aromatic rings. The summed E-state index contributed by atoms with van der Waals surface area (Å²) in [6.45, 7) is -2.76. The number of aromatic nitrogens is 7. The molecule has 2 fully saturated rings. The predicted octanol–water partition coefficient (Wildman–Crippen LogP) is 3.99. The standard InChI is InChI=1S/C26H29F2N9O3S/c1-29-17-2-4-18(5-3-17)40-22-12-24(31-14-20(22)21-9-11-36(35-21)26(27)28)33-23-8-10-30-25(34-23)16-13-32-37(15-16)41(38,39)19-6-7-19/h8-15,17-19,26,29H,2-7H2,1H3,(H,30,31,33,34). The molecule has 0 unspecified atom stereocenters. The van der Waals surface area contributed by atoms with Gasteiger partial charge in [-0.1, -0.05) is 0 Å². The first-order valence-electron chi connectivity index (χ1n) is 13.4. The Balaban J connectivity index is 1.25. The SMILES string of the molecule is CNC1CCC(Oc2cc(Nc3ccnc(-c4cnn(S(=O)(=O)C5CC5)c4)n3)ncc2-c2ccn(C(F)F)n2)CC1. The molecule has 0 bridgehead atoms. The Hall–Kier alpha value is -3.98. The molecule has 6 rings (SSSR count). The molecular formula is C26H29F2N9O3S. The van der Waals surface area contributed by atoms with Crippen LogP contribution < -0.4 is 15.4 Å². The Bertz CT molecular complexity index is 1630. The van der Waals surface area contributed by atoms with Gasteiger partial charge in [0.05, 0.1) is 40.6 Å². The summed E-state index contributed by atoms with van der Waals surface area (Å²) < 4.78 is 59.3. The summed E-state index contributed by atoms with van der Waals surface area (Å²) in [5, 5.41) is 14.0. The molecule has 0 saturated heterocycles. The number of halogens is 2. The lowest BCUT2D eigenvalue weighted by molar-refractivity contribution is 0.0568. The normalized spacial score (nSPS) is 19.4. The summed E-state index contributed by atoms with van der Waals surface area (Å²) >= 11 is 0. The molecule has 0 radical (unpaired) electrons. The van der Waals surface area contributed by atoms with Gasteiger partial charge in [0.1, 0.15) is 17.4 Å². The van der Waals surface area contributed by atoms with Crippen LogP contribution in [0.4, 0.5) is 20.4 Å². The largest absolute Gasteiger partial charge is 0.490 e. The van der Waals surface area contributed by atoms with Crippen molar-refractivity contribution in [3.63, 3.8) is 0 Å². The highest BCUT2D eigenvalue weighted by Gasteiger charge is 2.37. The molecule has 41 heavy (non-hydrogen) atoms. The second-order valence-electron chi connectivity index (χ2n) is 10.1. The van der Waals surface area contributed by atoms with E-state index in [-0.39, 0.29) is 6.10 Å². The van der Waals surface area contributed by atoms with Crippen molar-refractivity contribution in [3.8, 4) is 28.4 Å². The van der Waals surface area contributed by atoms with E-state index in [0.717, 1.165) is 29.8 Å². The van der Waals surface area contributed by atoms with Crippen LogP contribution in [0.15, 0.2) is 49.2 Å². The highest BCUT2D eigenvalue weighted by atomic mass is 32.2. The average molecular weight is 586 g/mol. The number of ether oxygens (including phenoxy) is 1. The van der Waals surface area contributed by atoms with Crippen LogP contribution in [0.3, 0.4) is 0 Å². The Labute approximate surface area is 235 Å². The number of nitrogens with one attached hydrogen (secondary N) is 2. The van der Waals surface area contributed by atoms with Crippen molar-refractivity contribution in [1.82, 2.24) is 39.2 Å². The van der Waals surface area contributed by atoms with E-state index in [0.29, 0.717) is 63.6 Å². The van der Waals surface area contributed by atoms with Gasteiger partial charge in [0, 0.05) is 30.7 Å². The quantitative estimate of drug-likeness (QED) is 0.281. The number of pyridine rings is 1. The lowest BCUT2D eigenvalue weighted by Crippen LogP contribution is -2.34. The second kappa shape index (κ2) is 11.1. The topological polar surface area (TPSA) is 142 Å². The van der Waals surface area contributed by atoms with Crippen LogP contribution in [-0.2, 0) is 10.0 Å². The lowest BCUT2D eigenvalue weighted by Gasteiger charge is -2.29. The van der Waals surface area contributed by atoms with Gasteiger partial charge in [0.25, 0.3) is 10.0 Å². The fraction of sp³-hybridized carbons (Fsp3) is 0.423. The van der Waals surface area contributed by atoms with E-state index in [1.165, 1.54) is 30.9 Å². The first kappa shape index (κ1) is 27.2. The molecule has 2 aliphatic carbocycles. The number of alkyl halides is 2. The van der Waals surface area contributed by atoms with E-state index in [1.54, 1.807) is 18.3 Å². The number of anilines is 2. The second-order valence-corrected chi connectivity index (χ2v) is 12.2. The summed E-state index contributed by atoms with van der Waals surface area (Å²) in [5.41, 5.74) is 1.28. The molecule has 2 N–H and O–H groups in total. The van der Waals surface area contributed by atoms with Crippen LogP contribution in [0.2, 0.25) is 0 Å². The number of hydrogen-bond acceptors (Lipinski definition) is 10. The molecule has 0 amide bonds. The zero-order valence-corrected chi connectivity index (χ0v) is 23.0. The first-order chi connectivity index (χ1) is 19.8. The van der Waals surface area contributed by atoms with E-state index < -0.39 is 21.8 Å². The van der Waals surface area contributed by atoms with Crippen molar-refractivity contribution in [2.24, 2.45) is 0 Å². The monoisotopic (exact) mass is 585 g/mol. The highest BCUT2D eigenvalue weighted by molar-refractivity contribution is 7.90. The minimum atomic E-state index is -3.51. The maximum atomic E-state index is 13.2. The van der Waals surface area contributed by atoms with Gasteiger partial charge in [-0.15, -0.1) is 0 Å². The fourth-order valence-corrected chi connectivity index (χ4v) is 6.29. The highest BCUT2D eigenvalue weighted by Crippen LogP contribution is 2.35. The molecule has 216 valence electrons. The van der Waals surface area contributed by atoms with E-state index in [1.807, 2.05) is 7.05 Å². The third kappa shape index (κ3) is 5.91. The van der Waals surface area contributed by atoms with Gasteiger partial charge >= 0.3 is 6.55 Å². The van der Waals surface area contributed by atoms with Crippen molar-refractivity contribution in [1.29, 1.82) is 0 Å². The van der Waals surface area contributed by atoms with Crippen LogP contribution in [0.1, 0.15) is 45.1 Å². The third-order valence-corrected chi connectivity index (χ3v) is 9.30. The Morgan fingerprint density at radius 1 is 1.05 bits per heavy atom. The predicted molar refractivity (Wildman–Crippen MR) is 146 cm³/mol. The molecule has 0 atom stereocenters. The smallest absolute Gasteiger partial charge is 0.333 e. The lowest BCUT2D eigenvalue weighted by atomic mass is 9.93. The zero-order chi connectivity index (χ0) is 28.6. The zero-order valence-electron chi connectivity index (χ0n) is 22.2. The van der Waals surface area contributed by atoms with E-state index in [4.69, 9.17) is 4.74 Å². The van der Waals surface area contributed by atoms with Crippen molar-refractivity contribution in [3.05, 3.63) is 49.2 Å². The first-order valence-corrected chi connectivity index (χ1v) is 14.9. The van der Waals surface area contributed by atoms with Crippen LogP contribution in [0, 0.1) is 0 Å². The molecule has 2 saturated carbocycles. The summed E-state index contributed by atoms with van der Waals surface area (Å²) in [6.07, 6.45) is 12.0. The molecule has 0 aliphatic heterocycles. The van der Waals surface area contributed by atoms with E-state index >= 15 is 0 Å². The fourth-order valence-electron chi connectivity index (χ4n) is 4.81. The maximum absolute atomic E-state index is 13.2. The van der Waals surface area contributed by atoms with Crippen molar-refractivity contribution < 1.29 is 21.9 Å². The summed E-state index contributed by atoms with van der Waals surface area (Å²) in [5.74, 6) is 1.59. The van der Waals surface area contributed by atoms with Gasteiger partial charge in [0.2, 0.25) is 0 Å². The summed E-state index contributed by atoms with van der Waals surface area (Å²) in [4.78, 5) is 13.2. The van der Waals surface area contributed by atoms with Crippen LogP contribution in [0.5, 0.6) is 5.75 Å². The number of nitrogens with zero attached hydrogens (tertiary/aromatic N) is 7. The van der Waals surface area contributed by atoms with Gasteiger partial charge in [-0.05, 0) is 57.7 Å². The molecule has 4 aromatic heterocycles. The molecule has 12 nitrogen and oxygen atoms in total. The van der Waals surface area contributed by atoms with Crippen LogP contribution >= 0.6 is 0 Å². The average Bonchev–Trinajstić information content (AvgIpc) is 3.51.